The maximum Gasteiger partial charge on any atom is 0.411 e. The molecular weight excluding hydrogens is 290 g/mol. The van der Waals surface area contributed by atoms with Crippen molar-refractivity contribution in [2.75, 3.05) is 0 Å². The summed E-state index contributed by atoms with van der Waals surface area (Å²) in [6.45, 7) is 5.09. The monoisotopic (exact) mass is 309 g/mol. The zero-order valence-corrected chi connectivity index (χ0v) is 12.7. The van der Waals surface area contributed by atoms with Gasteiger partial charge in [-0.25, -0.2) is 9.59 Å². The van der Waals surface area contributed by atoms with Crippen LogP contribution < -0.4 is 0 Å². The van der Waals surface area contributed by atoms with Crippen LogP contribution in [0.4, 0.5) is 4.79 Å². The number of phenolic OH excluding ortho intramolecular Hbond substituents is 2. The third-order valence-electron chi connectivity index (χ3n) is 3.34. The van der Waals surface area contributed by atoms with Gasteiger partial charge in [-0.15, -0.1) is 0 Å². The number of benzene rings is 1. The highest BCUT2D eigenvalue weighted by Gasteiger charge is 2.37. The summed E-state index contributed by atoms with van der Waals surface area (Å²) in [6.07, 6.45) is -0.685. The molecule has 3 N–H and O–H groups in total. The van der Waals surface area contributed by atoms with Gasteiger partial charge in [0.15, 0.2) is 11.5 Å². The lowest BCUT2D eigenvalue weighted by atomic mass is 9.93. The Balaban J connectivity index is 2.35. The topological polar surface area (TPSA) is 107 Å². The van der Waals surface area contributed by atoms with E-state index in [1.54, 1.807) is 20.8 Å². The maximum atomic E-state index is 12.2. The average molecular weight is 309 g/mol. The number of carbonyl (C=O) groups excluding carboxylic acids is 1. The lowest BCUT2D eigenvalue weighted by Crippen LogP contribution is -2.50. The summed E-state index contributed by atoms with van der Waals surface area (Å²) in [6, 6.07) is 1.58. The summed E-state index contributed by atoms with van der Waals surface area (Å²) >= 11 is 0. The SMILES string of the molecule is CC(C)(C)OC(=O)N1Cc2cc(O)c(O)cc2C[C@H]1C(=O)O. The van der Waals surface area contributed by atoms with E-state index in [1.807, 2.05) is 0 Å². The number of hydrogen-bond acceptors (Lipinski definition) is 5. The smallest absolute Gasteiger partial charge is 0.411 e. The molecule has 0 unspecified atom stereocenters. The van der Waals surface area contributed by atoms with Gasteiger partial charge in [-0.05, 0) is 44.0 Å². The van der Waals surface area contributed by atoms with Crippen molar-refractivity contribution in [3.8, 4) is 11.5 Å². The van der Waals surface area contributed by atoms with Gasteiger partial charge in [0.2, 0.25) is 0 Å². The van der Waals surface area contributed by atoms with Crippen molar-refractivity contribution in [2.24, 2.45) is 0 Å². The molecule has 0 saturated carbocycles. The number of carboxylic acids is 1. The first-order valence-electron chi connectivity index (χ1n) is 6.84. The number of rotatable bonds is 1. The molecule has 1 aromatic rings. The van der Waals surface area contributed by atoms with Crippen molar-refractivity contribution in [1.82, 2.24) is 4.90 Å². The van der Waals surface area contributed by atoms with E-state index in [4.69, 9.17) is 4.74 Å². The molecule has 120 valence electrons. The number of carboxylic acid groups (broad SMARTS) is 1. The lowest BCUT2D eigenvalue weighted by molar-refractivity contribution is -0.143. The van der Waals surface area contributed by atoms with Crippen LogP contribution in [0.5, 0.6) is 11.5 Å². The minimum atomic E-state index is -1.15. The van der Waals surface area contributed by atoms with E-state index < -0.39 is 23.7 Å². The Morgan fingerprint density at radius 3 is 2.23 bits per heavy atom. The highest BCUT2D eigenvalue weighted by Crippen LogP contribution is 2.33. The summed E-state index contributed by atoms with van der Waals surface area (Å²) in [5.41, 5.74) is 0.429. The van der Waals surface area contributed by atoms with E-state index in [9.17, 15) is 24.9 Å². The number of aromatic hydroxyl groups is 2. The molecule has 1 aliphatic rings. The number of ether oxygens (including phenoxy) is 1. The number of fused-ring (bicyclic) bond motifs is 1. The second-order valence-corrected chi connectivity index (χ2v) is 6.28. The second kappa shape index (κ2) is 5.40. The number of phenols is 2. The minimum Gasteiger partial charge on any atom is -0.504 e. The van der Waals surface area contributed by atoms with Gasteiger partial charge in [0.05, 0.1) is 6.54 Å². The molecule has 0 bridgehead atoms. The molecule has 1 atom stereocenters. The Kier molecular flexibility index (Phi) is 3.91. The lowest BCUT2D eigenvalue weighted by Gasteiger charge is -2.35. The molecule has 2 rings (SSSR count). The van der Waals surface area contributed by atoms with Gasteiger partial charge in [-0.3, -0.25) is 4.90 Å². The van der Waals surface area contributed by atoms with Crippen LogP contribution in [0.1, 0.15) is 31.9 Å². The first-order chi connectivity index (χ1) is 10.1. The summed E-state index contributed by atoms with van der Waals surface area (Å²) in [4.78, 5) is 24.8. The Bertz CT molecular complexity index is 619. The number of nitrogens with zero attached hydrogens (tertiary/aromatic N) is 1. The van der Waals surface area contributed by atoms with Gasteiger partial charge in [0.25, 0.3) is 0 Å². The van der Waals surface area contributed by atoms with Crippen molar-refractivity contribution in [3.05, 3.63) is 23.3 Å². The van der Waals surface area contributed by atoms with Crippen LogP contribution >= 0.6 is 0 Å². The Labute approximate surface area is 127 Å². The molecule has 1 amide bonds. The van der Waals surface area contributed by atoms with Crippen molar-refractivity contribution < 1.29 is 29.6 Å². The highest BCUT2D eigenvalue weighted by atomic mass is 16.6. The minimum absolute atomic E-state index is 0.00491. The molecule has 0 spiro atoms. The van der Waals surface area contributed by atoms with Crippen molar-refractivity contribution in [1.29, 1.82) is 0 Å². The summed E-state index contributed by atoms with van der Waals surface area (Å²) in [5, 5.41) is 28.4. The van der Waals surface area contributed by atoms with Crippen LogP contribution in [-0.4, -0.2) is 43.9 Å². The van der Waals surface area contributed by atoms with Crippen LogP contribution in [0.3, 0.4) is 0 Å². The number of hydrogen-bond donors (Lipinski definition) is 3. The third-order valence-corrected chi connectivity index (χ3v) is 3.34. The third kappa shape index (κ3) is 3.24. The van der Waals surface area contributed by atoms with Gasteiger partial charge < -0.3 is 20.1 Å². The van der Waals surface area contributed by atoms with Crippen LogP contribution in [0.2, 0.25) is 0 Å². The maximum absolute atomic E-state index is 12.2. The predicted molar refractivity (Wildman–Crippen MR) is 76.7 cm³/mol. The highest BCUT2D eigenvalue weighted by molar-refractivity contribution is 5.81. The van der Waals surface area contributed by atoms with Crippen LogP contribution in [-0.2, 0) is 22.5 Å². The van der Waals surface area contributed by atoms with E-state index in [0.717, 1.165) is 4.90 Å². The fourth-order valence-corrected chi connectivity index (χ4v) is 2.35. The second-order valence-electron chi connectivity index (χ2n) is 6.28. The fraction of sp³-hybridized carbons (Fsp3) is 0.467. The molecule has 0 aromatic heterocycles. The average Bonchev–Trinajstić information content (AvgIpc) is 2.36. The Morgan fingerprint density at radius 1 is 1.18 bits per heavy atom. The molecule has 1 heterocycles. The Morgan fingerprint density at radius 2 is 1.73 bits per heavy atom. The van der Waals surface area contributed by atoms with E-state index >= 15 is 0 Å². The van der Waals surface area contributed by atoms with Gasteiger partial charge in [-0.2, -0.15) is 0 Å². The molecule has 0 fully saturated rings. The van der Waals surface area contributed by atoms with E-state index in [1.165, 1.54) is 12.1 Å². The molecule has 0 saturated heterocycles. The normalized spacial score (nSPS) is 17.8. The van der Waals surface area contributed by atoms with Crippen molar-refractivity contribution >= 4 is 12.1 Å². The molecule has 0 radical (unpaired) electrons. The van der Waals surface area contributed by atoms with Gasteiger partial charge in [-0.1, -0.05) is 0 Å². The molecular formula is C15H19NO6. The number of amides is 1. The van der Waals surface area contributed by atoms with E-state index in [2.05, 4.69) is 0 Å². The van der Waals surface area contributed by atoms with Gasteiger partial charge in [0.1, 0.15) is 11.6 Å². The molecule has 0 aliphatic carbocycles. The first kappa shape index (κ1) is 15.9. The molecule has 7 nitrogen and oxygen atoms in total. The molecule has 7 heteroatoms. The fourth-order valence-electron chi connectivity index (χ4n) is 2.35. The summed E-state index contributed by atoms with van der Waals surface area (Å²) in [7, 11) is 0. The van der Waals surface area contributed by atoms with E-state index in [-0.39, 0.29) is 24.5 Å². The Hall–Kier alpha value is -2.44. The zero-order chi connectivity index (χ0) is 16.7. The quantitative estimate of drug-likeness (QED) is 0.683. The van der Waals surface area contributed by atoms with Crippen LogP contribution in [0.25, 0.3) is 0 Å². The zero-order valence-electron chi connectivity index (χ0n) is 12.7. The van der Waals surface area contributed by atoms with Crippen molar-refractivity contribution in [3.63, 3.8) is 0 Å². The molecule has 1 aliphatic heterocycles. The number of aliphatic carboxylic acids is 1. The molecule has 1 aromatic carbocycles. The summed E-state index contributed by atoms with van der Waals surface area (Å²) < 4.78 is 5.24. The number of carbonyl (C=O) groups is 2. The first-order valence-corrected chi connectivity index (χ1v) is 6.84. The van der Waals surface area contributed by atoms with E-state index in [0.29, 0.717) is 11.1 Å². The van der Waals surface area contributed by atoms with Crippen LogP contribution in [0.15, 0.2) is 12.1 Å². The largest absolute Gasteiger partial charge is 0.504 e. The standard InChI is InChI=1S/C15H19NO6/c1-15(2,3)22-14(21)16-7-9-6-12(18)11(17)5-8(9)4-10(16)13(19)20/h5-6,10,17-18H,4,7H2,1-3H3,(H,19,20)/t10-/m0/s1. The van der Waals surface area contributed by atoms with Crippen LogP contribution in [0, 0.1) is 0 Å². The van der Waals surface area contributed by atoms with Gasteiger partial charge >= 0.3 is 12.1 Å². The van der Waals surface area contributed by atoms with Gasteiger partial charge in [0, 0.05) is 6.42 Å². The summed E-state index contributed by atoms with van der Waals surface area (Å²) in [5.74, 6) is -1.77. The molecule has 22 heavy (non-hydrogen) atoms. The predicted octanol–water partition coefficient (Wildman–Crippen LogP) is 1.84. The van der Waals surface area contributed by atoms with Crippen molar-refractivity contribution in [2.45, 2.75) is 45.4 Å².